The van der Waals surface area contributed by atoms with Gasteiger partial charge in [0, 0.05) is 17.1 Å². The minimum Gasteiger partial charge on any atom is -0.350 e. The zero-order valence-corrected chi connectivity index (χ0v) is 24.6. The predicted octanol–water partition coefficient (Wildman–Crippen LogP) is 5.57. The molecule has 0 fully saturated rings. The average Bonchev–Trinajstić information content (AvgIpc) is 2.87. The Balaban J connectivity index is 2.08. The van der Waals surface area contributed by atoms with E-state index in [0.717, 1.165) is 9.87 Å². The van der Waals surface area contributed by atoms with E-state index in [9.17, 15) is 18.0 Å². The molecule has 3 rings (SSSR count). The molecule has 0 aliphatic rings. The first-order valence-corrected chi connectivity index (χ1v) is 14.6. The molecular formula is C30H36ClN3O4S. The van der Waals surface area contributed by atoms with Crippen LogP contribution in [0.15, 0.2) is 83.8 Å². The van der Waals surface area contributed by atoms with Crippen LogP contribution in [0.3, 0.4) is 0 Å². The molecule has 3 aromatic carbocycles. The van der Waals surface area contributed by atoms with Gasteiger partial charge in [-0.05, 0) is 75.6 Å². The first-order chi connectivity index (χ1) is 18.3. The van der Waals surface area contributed by atoms with E-state index < -0.39 is 34.1 Å². The second-order valence-corrected chi connectivity index (χ2v) is 12.7. The Kier molecular flexibility index (Phi) is 9.80. The van der Waals surface area contributed by atoms with Gasteiger partial charge in [-0.25, -0.2) is 8.42 Å². The van der Waals surface area contributed by atoms with E-state index in [1.807, 2.05) is 40.7 Å². The lowest BCUT2D eigenvalue weighted by molar-refractivity contribution is -0.141. The van der Waals surface area contributed by atoms with Crippen LogP contribution in [0.25, 0.3) is 0 Å². The zero-order chi connectivity index (χ0) is 28.8. The maximum Gasteiger partial charge on any atom is 0.264 e. The van der Waals surface area contributed by atoms with Crippen molar-refractivity contribution in [3.05, 3.63) is 95.0 Å². The molecule has 0 aromatic heterocycles. The highest BCUT2D eigenvalue weighted by Gasteiger charge is 2.34. The standard InChI is InChI=1S/C30H36ClN3O4S/c1-6-27(29(36)32-30(3,4)5)33(20-23-14-10-11-18-26(23)31)28(35)21-34(24-15-12-13-22(2)19-24)39(37,38)25-16-8-7-9-17-25/h7-19,27H,6,20-21H2,1-5H3,(H,32,36)/t27-/m0/s1. The smallest absolute Gasteiger partial charge is 0.264 e. The number of rotatable bonds is 10. The summed E-state index contributed by atoms with van der Waals surface area (Å²) in [4.78, 5) is 28.9. The number of halogens is 1. The third kappa shape index (κ3) is 7.83. The molecule has 0 spiro atoms. The van der Waals surface area contributed by atoms with E-state index in [4.69, 9.17) is 11.6 Å². The molecule has 0 aliphatic heterocycles. The zero-order valence-electron chi connectivity index (χ0n) is 23.0. The second-order valence-electron chi connectivity index (χ2n) is 10.4. The summed E-state index contributed by atoms with van der Waals surface area (Å²) in [6, 6.07) is 21.2. The van der Waals surface area contributed by atoms with Crippen molar-refractivity contribution in [2.75, 3.05) is 10.8 Å². The van der Waals surface area contributed by atoms with Gasteiger partial charge < -0.3 is 10.2 Å². The van der Waals surface area contributed by atoms with E-state index in [-0.39, 0.29) is 17.3 Å². The number of benzene rings is 3. The van der Waals surface area contributed by atoms with Gasteiger partial charge in [0.15, 0.2) is 0 Å². The number of sulfonamides is 1. The highest BCUT2D eigenvalue weighted by molar-refractivity contribution is 7.92. The lowest BCUT2D eigenvalue weighted by Gasteiger charge is -2.35. The number of carbonyl (C=O) groups excluding carboxylic acids is 2. The van der Waals surface area contributed by atoms with Crippen molar-refractivity contribution in [1.29, 1.82) is 0 Å². The molecule has 2 amide bonds. The van der Waals surface area contributed by atoms with Crippen molar-refractivity contribution in [3.8, 4) is 0 Å². The van der Waals surface area contributed by atoms with Gasteiger partial charge >= 0.3 is 0 Å². The van der Waals surface area contributed by atoms with Crippen molar-refractivity contribution in [2.45, 2.75) is 64.1 Å². The molecule has 1 atom stereocenters. The van der Waals surface area contributed by atoms with Gasteiger partial charge in [0.2, 0.25) is 11.8 Å². The van der Waals surface area contributed by atoms with Crippen molar-refractivity contribution < 1.29 is 18.0 Å². The largest absolute Gasteiger partial charge is 0.350 e. The Morgan fingerprint density at radius 3 is 2.18 bits per heavy atom. The van der Waals surface area contributed by atoms with Gasteiger partial charge in [0.1, 0.15) is 12.6 Å². The van der Waals surface area contributed by atoms with E-state index in [1.165, 1.54) is 17.0 Å². The van der Waals surface area contributed by atoms with Crippen LogP contribution in [0, 0.1) is 6.92 Å². The highest BCUT2D eigenvalue weighted by atomic mass is 35.5. The number of nitrogens with one attached hydrogen (secondary N) is 1. The van der Waals surface area contributed by atoms with Gasteiger partial charge in [-0.2, -0.15) is 0 Å². The van der Waals surface area contributed by atoms with Crippen LogP contribution in [-0.2, 0) is 26.2 Å². The summed E-state index contributed by atoms with van der Waals surface area (Å²) in [7, 11) is -4.10. The fourth-order valence-corrected chi connectivity index (χ4v) is 5.84. The molecule has 9 heteroatoms. The molecule has 208 valence electrons. The Morgan fingerprint density at radius 2 is 1.59 bits per heavy atom. The normalized spacial score (nSPS) is 12.5. The van der Waals surface area contributed by atoms with Gasteiger partial charge in [-0.3, -0.25) is 13.9 Å². The molecule has 0 heterocycles. The van der Waals surface area contributed by atoms with E-state index in [0.29, 0.717) is 22.7 Å². The van der Waals surface area contributed by atoms with Gasteiger partial charge in [0.05, 0.1) is 10.6 Å². The molecule has 0 aliphatic carbocycles. The highest BCUT2D eigenvalue weighted by Crippen LogP contribution is 2.26. The Hall–Kier alpha value is -3.36. The number of anilines is 1. The third-order valence-electron chi connectivity index (χ3n) is 6.08. The van der Waals surface area contributed by atoms with Crippen molar-refractivity contribution in [2.24, 2.45) is 0 Å². The second kappa shape index (κ2) is 12.7. The van der Waals surface area contributed by atoms with Gasteiger partial charge in [0.25, 0.3) is 10.0 Å². The third-order valence-corrected chi connectivity index (χ3v) is 8.24. The molecule has 0 saturated heterocycles. The molecule has 1 N–H and O–H groups in total. The van der Waals surface area contributed by atoms with Crippen molar-refractivity contribution in [1.82, 2.24) is 10.2 Å². The number of carbonyl (C=O) groups is 2. The van der Waals surface area contributed by atoms with Crippen LogP contribution in [0.2, 0.25) is 5.02 Å². The fraction of sp³-hybridized carbons (Fsp3) is 0.333. The molecule has 7 nitrogen and oxygen atoms in total. The summed E-state index contributed by atoms with van der Waals surface area (Å²) < 4.78 is 28.8. The van der Waals surface area contributed by atoms with Crippen LogP contribution < -0.4 is 9.62 Å². The maximum absolute atomic E-state index is 14.1. The summed E-state index contributed by atoms with van der Waals surface area (Å²) in [5.41, 5.74) is 1.34. The predicted molar refractivity (Wildman–Crippen MR) is 156 cm³/mol. The van der Waals surface area contributed by atoms with E-state index in [2.05, 4.69) is 5.32 Å². The lowest BCUT2D eigenvalue weighted by Crippen LogP contribution is -2.55. The summed E-state index contributed by atoms with van der Waals surface area (Å²) in [5.74, 6) is -0.842. The quantitative estimate of drug-likeness (QED) is 0.346. The molecule has 0 radical (unpaired) electrons. The number of amides is 2. The molecular weight excluding hydrogens is 534 g/mol. The summed E-state index contributed by atoms with van der Waals surface area (Å²) in [6.45, 7) is 8.81. The number of hydrogen-bond donors (Lipinski definition) is 1. The Labute approximate surface area is 236 Å². The van der Waals surface area contributed by atoms with Crippen LogP contribution >= 0.6 is 11.6 Å². The summed E-state index contributed by atoms with van der Waals surface area (Å²) >= 11 is 6.43. The number of aryl methyl sites for hydroxylation is 1. The Bertz CT molecular complexity index is 1400. The molecule has 0 saturated carbocycles. The van der Waals surface area contributed by atoms with E-state index in [1.54, 1.807) is 60.7 Å². The molecule has 0 bridgehead atoms. The lowest BCUT2D eigenvalue weighted by atomic mass is 10.1. The topological polar surface area (TPSA) is 86.8 Å². The summed E-state index contributed by atoms with van der Waals surface area (Å²) in [5, 5.41) is 3.41. The minimum absolute atomic E-state index is 0.0433. The van der Waals surface area contributed by atoms with Crippen LogP contribution in [0.1, 0.15) is 45.2 Å². The van der Waals surface area contributed by atoms with Crippen LogP contribution in [-0.4, -0.2) is 43.3 Å². The van der Waals surface area contributed by atoms with Crippen LogP contribution in [0.5, 0.6) is 0 Å². The van der Waals surface area contributed by atoms with Gasteiger partial charge in [-0.1, -0.05) is 67.1 Å². The molecule has 3 aromatic rings. The number of nitrogens with zero attached hydrogens (tertiary/aromatic N) is 2. The van der Waals surface area contributed by atoms with Crippen LogP contribution in [0.4, 0.5) is 5.69 Å². The first kappa shape index (κ1) is 30.2. The first-order valence-electron chi connectivity index (χ1n) is 12.8. The summed E-state index contributed by atoms with van der Waals surface area (Å²) in [6.07, 6.45) is 0.327. The molecule has 0 unspecified atom stereocenters. The van der Waals surface area contributed by atoms with Crippen molar-refractivity contribution in [3.63, 3.8) is 0 Å². The Morgan fingerprint density at radius 1 is 0.949 bits per heavy atom. The average molecular weight is 570 g/mol. The SMILES string of the molecule is CC[C@@H](C(=O)NC(C)(C)C)N(Cc1ccccc1Cl)C(=O)CN(c1cccc(C)c1)S(=O)(=O)c1ccccc1. The maximum atomic E-state index is 14.1. The minimum atomic E-state index is -4.10. The van der Waals surface area contributed by atoms with Gasteiger partial charge in [-0.15, -0.1) is 0 Å². The monoisotopic (exact) mass is 569 g/mol. The molecule has 39 heavy (non-hydrogen) atoms. The van der Waals surface area contributed by atoms with E-state index >= 15 is 0 Å². The number of hydrogen-bond acceptors (Lipinski definition) is 4. The fourth-order valence-electron chi connectivity index (χ4n) is 4.21. The van der Waals surface area contributed by atoms with Crippen molar-refractivity contribution >= 4 is 39.1 Å².